The maximum Gasteiger partial charge on any atom is 0.308 e. The van der Waals surface area contributed by atoms with Crippen LogP contribution in [-0.4, -0.2) is 46.6 Å². The first-order valence-electron chi connectivity index (χ1n) is 9.09. The van der Waals surface area contributed by atoms with Gasteiger partial charge in [-0.15, -0.1) is 0 Å². The molecule has 1 fully saturated rings. The molecule has 1 aromatic heterocycles. The summed E-state index contributed by atoms with van der Waals surface area (Å²) in [6, 6.07) is 11.6. The van der Waals surface area contributed by atoms with Crippen LogP contribution in [0.1, 0.15) is 25.3 Å². The Balaban J connectivity index is 1.73. The number of amides is 1. The third-order valence-electron chi connectivity index (χ3n) is 5.11. The third-order valence-corrected chi connectivity index (χ3v) is 5.11. The molecular formula is C21H24N2O4. The van der Waals surface area contributed by atoms with E-state index in [1.165, 1.54) is 0 Å². The van der Waals surface area contributed by atoms with Crippen LogP contribution in [0.2, 0.25) is 0 Å². The molecule has 2 aromatic rings. The number of pyridine rings is 1. The number of rotatable bonds is 5. The van der Waals surface area contributed by atoms with Crippen molar-refractivity contribution in [3.05, 3.63) is 48.2 Å². The molecule has 6 heteroatoms. The van der Waals surface area contributed by atoms with Gasteiger partial charge >= 0.3 is 5.97 Å². The van der Waals surface area contributed by atoms with Gasteiger partial charge < -0.3 is 14.7 Å². The van der Waals surface area contributed by atoms with Crippen LogP contribution in [0, 0.1) is 5.92 Å². The van der Waals surface area contributed by atoms with Gasteiger partial charge in [0.1, 0.15) is 0 Å². The molecule has 1 saturated heterocycles. The summed E-state index contributed by atoms with van der Waals surface area (Å²) >= 11 is 0. The largest absolute Gasteiger partial charge is 0.481 e. The predicted molar refractivity (Wildman–Crippen MR) is 101 cm³/mol. The number of hydrogen-bond acceptors (Lipinski definition) is 4. The number of likely N-dealkylation sites (tertiary alicyclic amines) is 1. The molecular weight excluding hydrogens is 344 g/mol. The number of benzene rings is 1. The summed E-state index contributed by atoms with van der Waals surface area (Å²) in [5, 5.41) is 9.26. The molecule has 1 aromatic carbocycles. The Morgan fingerprint density at radius 3 is 2.70 bits per heavy atom. The molecule has 0 unspecified atom stereocenters. The molecule has 0 spiro atoms. The molecule has 1 aliphatic heterocycles. The van der Waals surface area contributed by atoms with Crippen LogP contribution in [0.5, 0.6) is 5.88 Å². The fraction of sp³-hybridized carbons (Fsp3) is 0.381. The Hall–Kier alpha value is -2.89. The first kappa shape index (κ1) is 18.9. The Bertz CT molecular complexity index is 819. The summed E-state index contributed by atoms with van der Waals surface area (Å²) in [5.74, 6) is -0.772. The standard InChI is InChI=1S/C21H24N2O4/c1-14-6-7-18(21(25)26)13-23(14)20(24)11-15-4-3-5-16(10-15)17-8-9-19(27-2)22-12-17/h3-5,8-10,12,14,18H,6-7,11,13H2,1-2H3,(H,25,26)/t14-,18+/m0/s1. The highest BCUT2D eigenvalue weighted by atomic mass is 16.5. The number of aromatic nitrogens is 1. The SMILES string of the molecule is COc1ccc(-c2cccc(CC(=O)N3C[C@H](C(=O)O)CC[C@@H]3C)c2)cn1. The first-order valence-corrected chi connectivity index (χ1v) is 9.09. The molecule has 0 bridgehead atoms. The van der Waals surface area contributed by atoms with Crippen LogP contribution in [-0.2, 0) is 16.0 Å². The van der Waals surface area contributed by atoms with Gasteiger partial charge in [0.15, 0.2) is 0 Å². The van der Waals surface area contributed by atoms with E-state index in [1.807, 2.05) is 37.3 Å². The Kier molecular flexibility index (Phi) is 5.74. The van der Waals surface area contributed by atoms with Gasteiger partial charge in [0, 0.05) is 30.4 Å². The molecule has 0 radical (unpaired) electrons. The summed E-state index contributed by atoms with van der Waals surface area (Å²) in [6.07, 6.45) is 3.35. The normalized spacial score (nSPS) is 19.6. The van der Waals surface area contributed by atoms with Crippen LogP contribution >= 0.6 is 0 Å². The van der Waals surface area contributed by atoms with Crippen molar-refractivity contribution < 1.29 is 19.4 Å². The van der Waals surface area contributed by atoms with E-state index in [-0.39, 0.29) is 24.9 Å². The van der Waals surface area contributed by atoms with Crippen LogP contribution in [0.15, 0.2) is 42.6 Å². The quantitative estimate of drug-likeness (QED) is 0.878. The molecule has 6 nitrogen and oxygen atoms in total. The lowest BCUT2D eigenvalue weighted by atomic mass is 9.93. The second kappa shape index (κ2) is 8.20. The van der Waals surface area contributed by atoms with Gasteiger partial charge in [0.25, 0.3) is 0 Å². The number of carboxylic acid groups (broad SMARTS) is 1. The number of nitrogens with zero attached hydrogens (tertiary/aromatic N) is 2. The lowest BCUT2D eigenvalue weighted by molar-refractivity contribution is -0.146. The van der Waals surface area contributed by atoms with E-state index in [9.17, 15) is 14.7 Å². The Morgan fingerprint density at radius 1 is 1.22 bits per heavy atom. The van der Waals surface area contributed by atoms with Crippen molar-refractivity contribution in [2.45, 2.75) is 32.2 Å². The number of carbonyl (C=O) groups is 2. The zero-order chi connectivity index (χ0) is 19.4. The highest BCUT2D eigenvalue weighted by molar-refractivity contribution is 5.81. The predicted octanol–water partition coefficient (Wildman–Crippen LogP) is 3.01. The lowest BCUT2D eigenvalue weighted by Crippen LogP contribution is -2.47. The lowest BCUT2D eigenvalue weighted by Gasteiger charge is -2.36. The summed E-state index contributed by atoms with van der Waals surface area (Å²) in [7, 11) is 1.57. The van der Waals surface area contributed by atoms with Crippen LogP contribution in [0.25, 0.3) is 11.1 Å². The summed E-state index contributed by atoms with van der Waals surface area (Å²) in [5.41, 5.74) is 2.82. The number of carboxylic acids is 1. The Morgan fingerprint density at radius 2 is 2.04 bits per heavy atom. The van der Waals surface area contributed by atoms with Gasteiger partial charge in [-0.25, -0.2) is 4.98 Å². The number of aliphatic carboxylic acids is 1. The average Bonchev–Trinajstić information content (AvgIpc) is 2.68. The summed E-state index contributed by atoms with van der Waals surface area (Å²) in [4.78, 5) is 30.0. The molecule has 2 atom stereocenters. The van der Waals surface area contributed by atoms with Crippen molar-refractivity contribution in [1.29, 1.82) is 0 Å². The van der Waals surface area contributed by atoms with E-state index in [2.05, 4.69) is 4.98 Å². The second-order valence-electron chi connectivity index (χ2n) is 6.97. The maximum atomic E-state index is 12.8. The van der Waals surface area contributed by atoms with Crippen molar-refractivity contribution in [2.75, 3.05) is 13.7 Å². The molecule has 3 rings (SSSR count). The number of methoxy groups -OCH3 is 1. The average molecular weight is 368 g/mol. The second-order valence-corrected chi connectivity index (χ2v) is 6.97. The number of piperidine rings is 1. The van der Waals surface area contributed by atoms with Crippen LogP contribution in [0.4, 0.5) is 0 Å². The molecule has 1 aliphatic rings. The minimum absolute atomic E-state index is 0.0292. The van der Waals surface area contributed by atoms with Crippen molar-refractivity contribution in [3.63, 3.8) is 0 Å². The van der Waals surface area contributed by atoms with E-state index >= 15 is 0 Å². The topological polar surface area (TPSA) is 79.7 Å². The van der Waals surface area contributed by atoms with E-state index in [4.69, 9.17) is 4.74 Å². The molecule has 142 valence electrons. The highest BCUT2D eigenvalue weighted by Crippen LogP contribution is 2.25. The van der Waals surface area contributed by atoms with Crippen molar-refractivity contribution in [3.8, 4) is 17.0 Å². The maximum absolute atomic E-state index is 12.8. The van der Waals surface area contributed by atoms with Gasteiger partial charge in [-0.1, -0.05) is 24.3 Å². The smallest absolute Gasteiger partial charge is 0.308 e. The van der Waals surface area contributed by atoms with E-state index < -0.39 is 11.9 Å². The monoisotopic (exact) mass is 368 g/mol. The van der Waals surface area contributed by atoms with Gasteiger partial charge in [-0.3, -0.25) is 9.59 Å². The molecule has 0 aliphatic carbocycles. The number of carbonyl (C=O) groups excluding carboxylic acids is 1. The third kappa shape index (κ3) is 4.45. The number of ether oxygens (including phenoxy) is 1. The minimum Gasteiger partial charge on any atom is -0.481 e. The van der Waals surface area contributed by atoms with Gasteiger partial charge in [-0.2, -0.15) is 0 Å². The summed E-state index contributed by atoms with van der Waals surface area (Å²) < 4.78 is 5.08. The molecule has 1 N–H and O–H groups in total. The van der Waals surface area contributed by atoms with E-state index in [0.717, 1.165) is 23.1 Å². The minimum atomic E-state index is -0.825. The molecule has 27 heavy (non-hydrogen) atoms. The van der Waals surface area contributed by atoms with E-state index in [1.54, 1.807) is 24.3 Å². The van der Waals surface area contributed by atoms with Crippen molar-refractivity contribution >= 4 is 11.9 Å². The highest BCUT2D eigenvalue weighted by Gasteiger charge is 2.32. The van der Waals surface area contributed by atoms with E-state index in [0.29, 0.717) is 12.3 Å². The van der Waals surface area contributed by atoms with Gasteiger partial charge in [0.2, 0.25) is 11.8 Å². The fourth-order valence-corrected chi connectivity index (χ4v) is 3.46. The zero-order valence-electron chi connectivity index (χ0n) is 15.6. The van der Waals surface area contributed by atoms with Gasteiger partial charge in [-0.05, 0) is 37.0 Å². The van der Waals surface area contributed by atoms with Crippen molar-refractivity contribution in [2.24, 2.45) is 5.92 Å². The molecule has 2 heterocycles. The van der Waals surface area contributed by atoms with Gasteiger partial charge in [0.05, 0.1) is 19.4 Å². The number of hydrogen-bond donors (Lipinski definition) is 1. The van der Waals surface area contributed by atoms with Crippen molar-refractivity contribution in [1.82, 2.24) is 9.88 Å². The fourth-order valence-electron chi connectivity index (χ4n) is 3.46. The first-order chi connectivity index (χ1) is 13.0. The molecule has 1 amide bonds. The van der Waals surface area contributed by atoms with Crippen LogP contribution < -0.4 is 4.74 Å². The summed E-state index contributed by atoms with van der Waals surface area (Å²) in [6.45, 7) is 2.27. The Labute approximate surface area is 158 Å². The zero-order valence-corrected chi connectivity index (χ0v) is 15.6. The van der Waals surface area contributed by atoms with Crippen LogP contribution in [0.3, 0.4) is 0 Å². The molecule has 0 saturated carbocycles.